The largest absolute Gasteiger partial charge is 0.367 e. The number of benzene rings is 1. The minimum Gasteiger partial charge on any atom is -0.367 e. The first kappa shape index (κ1) is 9.21. The van der Waals surface area contributed by atoms with Crippen molar-refractivity contribution in [3.05, 3.63) is 34.7 Å². The molecular weight excluding hydrogens is 251 g/mol. The standard InChI is InChI=1S/C9H6BrFN2O/c10-7-3-5(1-2-8(7)11)6-4-13-14-9(6)12/h1-4H,12H2. The number of nitrogen functional groups attached to an aromatic ring is 1. The molecule has 0 fully saturated rings. The molecule has 3 nitrogen and oxygen atoms in total. The second-order valence-corrected chi connectivity index (χ2v) is 3.59. The molecule has 0 unspecified atom stereocenters. The molecule has 0 spiro atoms. The highest BCUT2D eigenvalue weighted by atomic mass is 79.9. The lowest BCUT2D eigenvalue weighted by Gasteiger charge is -1.99. The summed E-state index contributed by atoms with van der Waals surface area (Å²) in [6, 6.07) is 4.59. The van der Waals surface area contributed by atoms with Gasteiger partial charge in [-0.05, 0) is 33.6 Å². The van der Waals surface area contributed by atoms with Gasteiger partial charge >= 0.3 is 0 Å². The van der Waals surface area contributed by atoms with E-state index in [4.69, 9.17) is 10.3 Å². The van der Waals surface area contributed by atoms with Gasteiger partial charge in [0.1, 0.15) is 5.82 Å². The van der Waals surface area contributed by atoms with Gasteiger partial charge in [0, 0.05) is 0 Å². The van der Waals surface area contributed by atoms with Crippen molar-refractivity contribution in [3.8, 4) is 11.1 Å². The van der Waals surface area contributed by atoms with Crippen LogP contribution in [0.1, 0.15) is 0 Å². The summed E-state index contributed by atoms with van der Waals surface area (Å²) in [6.07, 6.45) is 1.50. The molecule has 0 atom stereocenters. The number of hydrogen-bond acceptors (Lipinski definition) is 3. The van der Waals surface area contributed by atoms with E-state index >= 15 is 0 Å². The molecule has 5 heteroatoms. The Labute approximate surface area is 87.8 Å². The smallest absolute Gasteiger partial charge is 0.229 e. The molecule has 0 aliphatic heterocycles. The highest BCUT2D eigenvalue weighted by Crippen LogP contribution is 2.28. The van der Waals surface area contributed by atoms with Crippen LogP contribution in [0.15, 0.2) is 33.4 Å². The van der Waals surface area contributed by atoms with Crippen molar-refractivity contribution < 1.29 is 8.91 Å². The molecular formula is C9H6BrFN2O. The lowest BCUT2D eigenvalue weighted by molar-refractivity contribution is 0.436. The van der Waals surface area contributed by atoms with E-state index in [0.29, 0.717) is 10.0 Å². The second-order valence-electron chi connectivity index (χ2n) is 2.73. The average Bonchev–Trinajstić information content (AvgIpc) is 2.57. The molecule has 0 saturated heterocycles. The fraction of sp³-hybridized carbons (Fsp3) is 0. The van der Waals surface area contributed by atoms with Crippen LogP contribution in [-0.2, 0) is 0 Å². The molecule has 0 aliphatic carbocycles. The number of nitrogens with two attached hydrogens (primary N) is 1. The van der Waals surface area contributed by atoms with Gasteiger partial charge in [-0.2, -0.15) is 0 Å². The maximum atomic E-state index is 12.9. The van der Waals surface area contributed by atoms with Crippen molar-refractivity contribution in [2.24, 2.45) is 0 Å². The van der Waals surface area contributed by atoms with Crippen LogP contribution in [0.5, 0.6) is 0 Å². The lowest BCUT2D eigenvalue weighted by atomic mass is 10.1. The number of halogens is 2. The van der Waals surface area contributed by atoms with Gasteiger partial charge < -0.3 is 10.3 Å². The van der Waals surface area contributed by atoms with Crippen molar-refractivity contribution in [1.82, 2.24) is 5.16 Å². The van der Waals surface area contributed by atoms with E-state index in [9.17, 15) is 4.39 Å². The van der Waals surface area contributed by atoms with Gasteiger partial charge in [-0.1, -0.05) is 11.2 Å². The molecule has 2 aromatic rings. The third kappa shape index (κ3) is 1.50. The first-order valence-corrected chi connectivity index (χ1v) is 4.63. The zero-order chi connectivity index (χ0) is 10.1. The third-order valence-electron chi connectivity index (χ3n) is 1.83. The number of hydrogen-bond donors (Lipinski definition) is 1. The second kappa shape index (κ2) is 3.42. The lowest BCUT2D eigenvalue weighted by Crippen LogP contribution is -1.85. The van der Waals surface area contributed by atoms with Gasteiger partial charge in [-0.3, -0.25) is 0 Å². The van der Waals surface area contributed by atoms with Crippen molar-refractivity contribution in [1.29, 1.82) is 0 Å². The van der Waals surface area contributed by atoms with Crippen LogP contribution < -0.4 is 5.73 Å². The van der Waals surface area contributed by atoms with Crippen molar-refractivity contribution in [2.45, 2.75) is 0 Å². The van der Waals surface area contributed by atoms with Gasteiger partial charge in [0.25, 0.3) is 0 Å². The molecule has 2 rings (SSSR count). The molecule has 1 heterocycles. The van der Waals surface area contributed by atoms with Gasteiger partial charge in [0.15, 0.2) is 0 Å². The first-order chi connectivity index (χ1) is 6.68. The van der Waals surface area contributed by atoms with Crippen LogP contribution in [0.4, 0.5) is 10.3 Å². The highest BCUT2D eigenvalue weighted by molar-refractivity contribution is 9.10. The Morgan fingerprint density at radius 3 is 2.79 bits per heavy atom. The Kier molecular flexibility index (Phi) is 2.25. The van der Waals surface area contributed by atoms with Crippen LogP contribution in [0.2, 0.25) is 0 Å². The summed E-state index contributed by atoms with van der Waals surface area (Å²) in [7, 11) is 0. The summed E-state index contributed by atoms with van der Waals surface area (Å²) >= 11 is 3.09. The maximum Gasteiger partial charge on any atom is 0.229 e. The van der Waals surface area contributed by atoms with Crippen molar-refractivity contribution >= 4 is 21.8 Å². The fourth-order valence-corrected chi connectivity index (χ4v) is 1.51. The average molecular weight is 257 g/mol. The summed E-state index contributed by atoms with van der Waals surface area (Å²) in [5.74, 6) is -0.0905. The van der Waals surface area contributed by atoms with E-state index < -0.39 is 0 Å². The Morgan fingerprint density at radius 2 is 2.21 bits per heavy atom. The molecule has 0 saturated carbocycles. The van der Waals surface area contributed by atoms with Gasteiger partial charge in [-0.15, -0.1) is 0 Å². The minimum atomic E-state index is -0.316. The fourth-order valence-electron chi connectivity index (χ4n) is 1.13. The van der Waals surface area contributed by atoms with E-state index in [-0.39, 0.29) is 11.7 Å². The molecule has 0 bridgehead atoms. The Bertz CT molecular complexity index is 470. The molecule has 1 aromatic heterocycles. The molecule has 0 amide bonds. The Balaban J connectivity index is 2.53. The quantitative estimate of drug-likeness (QED) is 0.854. The zero-order valence-corrected chi connectivity index (χ0v) is 8.58. The van der Waals surface area contributed by atoms with Crippen molar-refractivity contribution in [3.63, 3.8) is 0 Å². The summed E-state index contributed by atoms with van der Waals surface area (Å²) in [5.41, 5.74) is 6.94. The first-order valence-electron chi connectivity index (χ1n) is 3.84. The van der Waals surface area contributed by atoms with Crippen LogP contribution in [0.3, 0.4) is 0 Å². The molecule has 2 N–H and O–H groups in total. The third-order valence-corrected chi connectivity index (χ3v) is 2.44. The topological polar surface area (TPSA) is 52.0 Å². The monoisotopic (exact) mass is 256 g/mol. The SMILES string of the molecule is Nc1oncc1-c1ccc(F)c(Br)c1. The minimum absolute atomic E-state index is 0.225. The van der Waals surface area contributed by atoms with Gasteiger partial charge in [-0.25, -0.2) is 4.39 Å². The van der Waals surface area contributed by atoms with Gasteiger partial charge in [0.05, 0.1) is 16.2 Å². The molecule has 0 radical (unpaired) electrons. The predicted molar refractivity (Wildman–Crippen MR) is 54.0 cm³/mol. The summed E-state index contributed by atoms with van der Waals surface area (Å²) < 4.78 is 18.0. The highest BCUT2D eigenvalue weighted by Gasteiger charge is 2.08. The van der Waals surface area contributed by atoms with Crippen LogP contribution in [0.25, 0.3) is 11.1 Å². The molecule has 72 valence electrons. The Hall–Kier alpha value is -1.36. The zero-order valence-electron chi connectivity index (χ0n) is 7.00. The molecule has 0 aliphatic rings. The van der Waals surface area contributed by atoms with E-state index in [2.05, 4.69) is 21.1 Å². The predicted octanol–water partition coefficient (Wildman–Crippen LogP) is 2.83. The van der Waals surface area contributed by atoms with Crippen LogP contribution >= 0.6 is 15.9 Å². The van der Waals surface area contributed by atoms with Crippen molar-refractivity contribution in [2.75, 3.05) is 5.73 Å². The van der Waals surface area contributed by atoms with E-state index in [1.807, 2.05) is 0 Å². The van der Waals surface area contributed by atoms with E-state index in [1.54, 1.807) is 12.1 Å². The van der Waals surface area contributed by atoms with E-state index in [1.165, 1.54) is 12.3 Å². The van der Waals surface area contributed by atoms with E-state index in [0.717, 1.165) is 5.56 Å². The van der Waals surface area contributed by atoms with Crippen LogP contribution in [0, 0.1) is 5.82 Å². The molecule has 14 heavy (non-hydrogen) atoms. The van der Waals surface area contributed by atoms with Crippen LogP contribution in [-0.4, -0.2) is 5.16 Å². The maximum absolute atomic E-state index is 12.9. The normalized spacial score (nSPS) is 10.4. The number of nitrogens with zero attached hydrogens (tertiary/aromatic N) is 1. The number of rotatable bonds is 1. The Morgan fingerprint density at radius 1 is 1.43 bits per heavy atom. The molecule has 1 aromatic carbocycles. The summed E-state index contributed by atoms with van der Waals surface area (Å²) in [4.78, 5) is 0. The number of aromatic nitrogens is 1. The van der Waals surface area contributed by atoms with Gasteiger partial charge in [0.2, 0.25) is 5.88 Å². The summed E-state index contributed by atoms with van der Waals surface area (Å²) in [5, 5.41) is 3.54. The number of anilines is 1. The summed E-state index contributed by atoms with van der Waals surface area (Å²) in [6.45, 7) is 0.